The minimum absolute atomic E-state index is 0. The van der Waals surface area contributed by atoms with Gasteiger partial charge in [0.15, 0.2) is 0 Å². The highest BCUT2D eigenvalue weighted by atomic mass is 35.5. The third-order valence-electron chi connectivity index (χ3n) is 2.48. The molecule has 2 aromatic rings. The SMILES string of the molecule is COc1ccc(Sc2ccccc2CN)cc1.Cl. The van der Waals surface area contributed by atoms with Crippen LogP contribution in [0.3, 0.4) is 0 Å². The van der Waals surface area contributed by atoms with E-state index in [1.807, 2.05) is 24.3 Å². The fourth-order valence-corrected chi connectivity index (χ4v) is 2.50. The Balaban J connectivity index is 0.00000162. The van der Waals surface area contributed by atoms with Crippen LogP contribution in [0.4, 0.5) is 0 Å². The second-order valence-electron chi connectivity index (χ2n) is 3.59. The van der Waals surface area contributed by atoms with Crippen molar-refractivity contribution in [3.63, 3.8) is 0 Å². The van der Waals surface area contributed by atoms with Gasteiger partial charge in [-0.2, -0.15) is 0 Å². The minimum Gasteiger partial charge on any atom is -0.497 e. The maximum Gasteiger partial charge on any atom is 0.118 e. The lowest BCUT2D eigenvalue weighted by Crippen LogP contribution is -1.97. The maximum absolute atomic E-state index is 5.72. The first-order valence-corrected chi connectivity index (χ1v) is 6.25. The molecule has 2 N–H and O–H groups in total. The van der Waals surface area contributed by atoms with Gasteiger partial charge < -0.3 is 10.5 Å². The second-order valence-corrected chi connectivity index (χ2v) is 4.70. The Labute approximate surface area is 118 Å². The minimum atomic E-state index is 0. The molecule has 0 atom stereocenters. The first-order chi connectivity index (χ1) is 8.33. The highest BCUT2D eigenvalue weighted by Gasteiger charge is 2.02. The summed E-state index contributed by atoms with van der Waals surface area (Å²) in [6.45, 7) is 0.569. The zero-order valence-electron chi connectivity index (χ0n) is 10.1. The molecular weight excluding hydrogens is 266 g/mol. The lowest BCUT2D eigenvalue weighted by Gasteiger charge is -2.07. The number of rotatable bonds is 4. The topological polar surface area (TPSA) is 35.2 Å². The normalized spacial score (nSPS) is 9.67. The maximum atomic E-state index is 5.72. The fraction of sp³-hybridized carbons (Fsp3) is 0.143. The van der Waals surface area contributed by atoms with E-state index in [2.05, 4.69) is 24.3 Å². The molecule has 0 aromatic heterocycles. The lowest BCUT2D eigenvalue weighted by molar-refractivity contribution is 0.414. The van der Waals surface area contributed by atoms with Crippen molar-refractivity contribution in [3.8, 4) is 5.75 Å². The molecule has 0 spiro atoms. The van der Waals surface area contributed by atoms with Gasteiger partial charge in [-0.05, 0) is 35.9 Å². The Morgan fingerprint density at radius 1 is 1.06 bits per heavy atom. The summed E-state index contributed by atoms with van der Waals surface area (Å²) in [7, 11) is 1.67. The van der Waals surface area contributed by atoms with Crippen LogP contribution in [0.2, 0.25) is 0 Å². The summed E-state index contributed by atoms with van der Waals surface area (Å²) < 4.78 is 5.14. The van der Waals surface area contributed by atoms with Crippen LogP contribution < -0.4 is 10.5 Å². The third kappa shape index (κ3) is 3.67. The predicted molar refractivity (Wildman–Crippen MR) is 78.7 cm³/mol. The molecule has 0 amide bonds. The Hall–Kier alpha value is -1.16. The molecule has 0 aliphatic rings. The zero-order valence-corrected chi connectivity index (χ0v) is 11.8. The molecule has 0 aliphatic heterocycles. The van der Waals surface area contributed by atoms with E-state index < -0.39 is 0 Å². The van der Waals surface area contributed by atoms with Crippen molar-refractivity contribution in [1.82, 2.24) is 0 Å². The summed E-state index contributed by atoms with van der Waals surface area (Å²) >= 11 is 1.72. The number of methoxy groups -OCH3 is 1. The van der Waals surface area contributed by atoms with Gasteiger partial charge in [0.1, 0.15) is 5.75 Å². The molecule has 2 aromatic carbocycles. The Bertz CT molecular complexity index is 487. The molecule has 18 heavy (non-hydrogen) atoms. The predicted octanol–water partition coefficient (Wildman–Crippen LogP) is 3.73. The average Bonchev–Trinajstić information content (AvgIpc) is 2.40. The van der Waals surface area contributed by atoms with Crippen LogP contribution in [-0.4, -0.2) is 7.11 Å². The molecule has 0 saturated carbocycles. The smallest absolute Gasteiger partial charge is 0.118 e. The van der Waals surface area contributed by atoms with Crippen LogP contribution in [-0.2, 0) is 6.54 Å². The highest BCUT2D eigenvalue weighted by Crippen LogP contribution is 2.31. The number of nitrogens with two attached hydrogens (primary N) is 1. The molecule has 0 bridgehead atoms. The van der Waals surface area contributed by atoms with E-state index in [1.165, 1.54) is 15.4 Å². The van der Waals surface area contributed by atoms with Gasteiger partial charge in [0.05, 0.1) is 7.11 Å². The number of halogens is 1. The Morgan fingerprint density at radius 3 is 2.33 bits per heavy atom. The molecule has 4 heteroatoms. The summed E-state index contributed by atoms with van der Waals surface area (Å²) in [5.74, 6) is 0.876. The van der Waals surface area contributed by atoms with Gasteiger partial charge in [-0.3, -0.25) is 0 Å². The first-order valence-electron chi connectivity index (χ1n) is 5.43. The number of hydrogen-bond acceptors (Lipinski definition) is 3. The van der Waals surface area contributed by atoms with E-state index in [1.54, 1.807) is 18.9 Å². The molecule has 0 unspecified atom stereocenters. The van der Waals surface area contributed by atoms with Gasteiger partial charge in [-0.25, -0.2) is 0 Å². The van der Waals surface area contributed by atoms with Crippen molar-refractivity contribution in [2.45, 2.75) is 16.3 Å². The standard InChI is InChI=1S/C14H15NOS.ClH/c1-16-12-6-8-13(9-7-12)17-14-5-3-2-4-11(14)10-15;/h2-9H,10,15H2,1H3;1H. The molecular formula is C14H16ClNOS. The summed E-state index contributed by atoms with van der Waals surface area (Å²) in [5.41, 5.74) is 6.89. The van der Waals surface area contributed by atoms with Crippen LogP contribution in [0, 0.1) is 0 Å². The van der Waals surface area contributed by atoms with E-state index in [9.17, 15) is 0 Å². The van der Waals surface area contributed by atoms with Crippen LogP contribution in [0.25, 0.3) is 0 Å². The van der Waals surface area contributed by atoms with Crippen molar-refractivity contribution < 1.29 is 4.74 Å². The zero-order chi connectivity index (χ0) is 12.1. The van der Waals surface area contributed by atoms with Gasteiger partial charge >= 0.3 is 0 Å². The number of benzene rings is 2. The number of ether oxygens (including phenoxy) is 1. The summed E-state index contributed by atoms with van der Waals surface area (Å²) in [6, 6.07) is 16.2. The molecule has 0 aliphatic carbocycles. The summed E-state index contributed by atoms with van der Waals surface area (Å²) in [5, 5.41) is 0. The van der Waals surface area contributed by atoms with Crippen molar-refractivity contribution >= 4 is 24.2 Å². The van der Waals surface area contributed by atoms with E-state index in [0.717, 1.165) is 5.75 Å². The van der Waals surface area contributed by atoms with Gasteiger partial charge in [-0.15, -0.1) is 12.4 Å². The second kappa shape index (κ2) is 7.31. The summed E-state index contributed by atoms with van der Waals surface area (Å²) in [6.07, 6.45) is 0. The molecule has 96 valence electrons. The highest BCUT2D eigenvalue weighted by molar-refractivity contribution is 7.99. The average molecular weight is 282 g/mol. The van der Waals surface area contributed by atoms with Crippen molar-refractivity contribution in [2.24, 2.45) is 5.73 Å². The summed E-state index contributed by atoms with van der Waals surface area (Å²) in [4.78, 5) is 2.40. The Kier molecular flexibility index (Phi) is 6.05. The van der Waals surface area contributed by atoms with Crippen LogP contribution >= 0.6 is 24.2 Å². The van der Waals surface area contributed by atoms with E-state index in [-0.39, 0.29) is 12.4 Å². The number of hydrogen-bond donors (Lipinski definition) is 1. The van der Waals surface area contributed by atoms with Crippen LogP contribution in [0.1, 0.15) is 5.56 Å². The van der Waals surface area contributed by atoms with Crippen molar-refractivity contribution in [3.05, 3.63) is 54.1 Å². The molecule has 0 radical (unpaired) electrons. The van der Waals surface area contributed by atoms with E-state index in [4.69, 9.17) is 10.5 Å². The van der Waals surface area contributed by atoms with Gasteiger partial charge in [0, 0.05) is 16.3 Å². The fourth-order valence-electron chi connectivity index (χ4n) is 1.54. The third-order valence-corrected chi connectivity index (χ3v) is 3.61. The molecule has 0 saturated heterocycles. The van der Waals surface area contributed by atoms with Gasteiger partial charge in [0.25, 0.3) is 0 Å². The van der Waals surface area contributed by atoms with Crippen LogP contribution in [0.5, 0.6) is 5.75 Å². The molecule has 0 fully saturated rings. The quantitative estimate of drug-likeness (QED) is 0.927. The van der Waals surface area contributed by atoms with E-state index in [0.29, 0.717) is 6.54 Å². The van der Waals surface area contributed by atoms with E-state index >= 15 is 0 Å². The lowest BCUT2D eigenvalue weighted by atomic mass is 10.2. The van der Waals surface area contributed by atoms with Crippen molar-refractivity contribution in [2.75, 3.05) is 7.11 Å². The Morgan fingerprint density at radius 2 is 1.72 bits per heavy atom. The molecule has 2 rings (SSSR count). The monoisotopic (exact) mass is 281 g/mol. The first kappa shape index (κ1) is 14.9. The molecule has 2 nitrogen and oxygen atoms in total. The molecule has 0 heterocycles. The van der Waals surface area contributed by atoms with Gasteiger partial charge in [0.2, 0.25) is 0 Å². The van der Waals surface area contributed by atoms with Crippen molar-refractivity contribution in [1.29, 1.82) is 0 Å². The largest absolute Gasteiger partial charge is 0.497 e. The van der Waals surface area contributed by atoms with Gasteiger partial charge in [-0.1, -0.05) is 30.0 Å². The van der Waals surface area contributed by atoms with Crippen LogP contribution in [0.15, 0.2) is 58.3 Å².